The monoisotopic (exact) mass is 229 g/mol. The number of hydrogen-bond donors (Lipinski definition) is 1. The number of carbonyl (C=O) groups is 2. The Balaban J connectivity index is 2.13. The Bertz CT molecular complexity index is 505. The van der Waals surface area contributed by atoms with E-state index in [4.69, 9.17) is 5.26 Å². The molecule has 0 unspecified atom stereocenters. The van der Waals surface area contributed by atoms with Gasteiger partial charge in [-0.15, -0.1) is 0 Å². The lowest BCUT2D eigenvalue weighted by atomic mass is 10.2. The standard InChI is InChI=1S/C12H11N3O2/c13-6-7-14-11(16)12(17)15-8-5-9-3-1-2-4-10(9)15/h1-4H,5,7-8H2,(H,14,16). The predicted octanol–water partition coefficient (Wildman–Crippen LogP) is 0.215. The highest BCUT2D eigenvalue weighted by Gasteiger charge is 2.28. The first-order valence-corrected chi connectivity index (χ1v) is 5.28. The topological polar surface area (TPSA) is 73.2 Å². The van der Waals surface area contributed by atoms with Crippen molar-refractivity contribution in [1.82, 2.24) is 5.32 Å². The van der Waals surface area contributed by atoms with Crippen LogP contribution in [0.25, 0.3) is 0 Å². The van der Waals surface area contributed by atoms with Gasteiger partial charge in [0, 0.05) is 12.2 Å². The van der Waals surface area contributed by atoms with E-state index < -0.39 is 11.8 Å². The van der Waals surface area contributed by atoms with Gasteiger partial charge in [-0.1, -0.05) is 18.2 Å². The number of para-hydroxylation sites is 1. The summed E-state index contributed by atoms with van der Waals surface area (Å²) in [4.78, 5) is 24.7. The Kier molecular flexibility index (Phi) is 3.06. The van der Waals surface area contributed by atoms with E-state index in [0.717, 1.165) is 17.7 Å². The minimum absolute atomic E-state index is 0.153. The normalized spacial score (nSPS) is 12.8. The molecule has 0 saturated carbocycles. The van der Waals surface area contributed by atoms with E-state index in [1.54, 1.807) is 6.07 Å². The zero-order valence-electron chi connectivity index (χ0n) is 9.14. The molecule has 0 fully saturated rings. The third kappa shape index (κ3) is 2.11. The molecule has 86 valence electrons. The van der Waals surface area contributed by atoms with E-state index in [1.165, 1.54) is 4.90 Å². The molecule has 1 aromatic rings. The van der Waals surface area contributed by atoms with Gasteiger partial charge in [0.25, 0.3) is 0 Å². The van der Waals surface area contributed by atoms with Crippen molar-refractivity contribution in [2.24, 2.45) is 0 Å². The lowest BCUT2D eigenvalue weighted by Crippen LogP contribution is -2.42. The summed E-state index contributed by atoms with van der Waals surface area (Å²) in [5.41, 5.74) is 1.85. The van der Waals surface area contributed by atoms with Crippen LogP contribution in [0, 0.1) is 11.3 Å². The molecule has 0 spiro atoms. The first-order valence-electron chi connectivity index (χ1n) is 5.28. The highest BCUT2D eigenvalue weighted by Crippen LogP contribution is 2.27. The van der Waals surface area contributed by atoms with Crippen molar-refractivity contribution in [2.45, 2.75) is 6.42 Å². The molecule has 5 heteroatoms. The second-order valence-electron chi connectivity index (χ2n) is 3.68. The quantitative estimate of drug-likeness (QED) is 0.553. The molecule has 2 amide bonds. The number of hydrogen-bond acceptors (Lipinski definition) is 3. The molecule has 1 heterocycles. The van der Waals surface area contributed by atoms with Crippen molar-refractivity contribution in [2.75, 3.05) is 18.0 Å². The summed E-state index contributed by atoms with van der Waals surface area (Å²) in [5, 5.41) is 10.6. The molecule has 1 aliphatic heterocycles. The third-order valence-electron chi connectivity index (χ3n) is 2.65. The fourth-order valence-corrected chi connectivity index (χ4v) is 1.87. The number of nitrogens with zero attached hydrogens (tertiary/aromatic N) is 2. The van der Waals surface area contributed by atoms with Crippen LogP contribution in [0.3, 0.4) is 0 Å². The van der Waals surface area contributed by atoms with Gasteiger partial charge in [-0.25, -0.2) is 0 Å². The fourth-order valence-electron chi connectivity index (χ4n) is 1.87. The van der Waals surface area contributed by atoms with Gasteiger partial charge in [-0.2, -0.15) is 5.26 Å². The Labute approximate surface area is 98.6 Å². The number of nitriles is 1. The Hall–Kier alpha value is -2.35. The van der Waals surface area contributed by atoms with Crippen LogP contribution in [-0.4, -0.2) is 24.9 Å². The maximum Gasteiger partial charge on any atom is 0.316 e. The van der Waals surface area contributed by atoms with Crippen LogP contribution in [0.1, 0.15) is 5.56 Å². The molecule has 5 nitrogen and oxygen atoms in total. The van der Waals surface area contributed by atoms with Crippen LogP contribution in [0.5, 0.6) is 0 Å². The molecule has 1 N–H and O–H groups in total. The van der Waals surface area contributed by atoms with Gasteiger partial charge in [-0.3, -0.25) is 9.59 Å². The van der Waals surface area contributed by atoms with E-state index in [1.807, 2.05) is 24.3 Å². The zero-order valence-corrected chi connectivity index (χ0v) is 9.14. The number of fused-ring (bicyclic) bond motifs is 1. The summed E-state index contributed by atoms with van der Waals surface area (Å²) in [6.07, 6.45) is 0.757. The molecule has 0 radical (unpaired) electrons. The highest BCUT2D eigenvalue weighted by atomic mass is 16.2. The van der Waals surface area contributed by atoms with Gasteiger partial charge in [0.2, 0.25) is 0 Å². The molecule has 0 aromatic heterocycles. The number of carbonyl (C=O) groups excluding carboxylic acids is 2. The molecule has 0 bridgehead atoms. The smallest absolute Gasteiger partial charge is 0.316 e. The van der Waals surface area contributed by atoms with Crippen LogP contribution in [-0.2, 0) is 16.0 Å². The minimum atomic E-state index is -0.733. The van der Waals surface area contributed by atoms with Crippen LogP contribution < -0.4 is 10.2 Å². The number of nitrogens with one attached hydrogen (secondary N) is 1. The molecule has 1 aromatic carbocycles. The Morgan fingerprint density at radius 2 is 2.18 bits per heavy atom. The molecular weight excluding hydrogens is 218 g/mol. The second kappa shape index (κ2) is 4.66. The van der Waals surface area contributed by atoms with Gasteiger partial charge < -0.3 is 10.2 Å². The summed E-state index contributed by atoms with van der Waals surface area (Å²) in [6.45, 7) is 0.359. The van der Waals surface area contributed by atoms with Crippen molar-refractivity contribution in [3.8, 4) is 6.07 Å². The van der Waals surface area contributed by atoms with Gasteiger partial charge in [0.1, 0.15) is 6.54 Å². The van der Waals surface area contributed by atoms with Crippen LogP contribution in [0.15, 0.2) is 24.3 Å². The summed E-state index contributed by atoms with van der Waals surface area (Å²) in [7, 11) is 0. The summed E-state index contributed by atoms with van der Waals surface area (Å²) in [6, 6.07) is 9.25. The molecular formula is C12H11N3O2. The van der Waals surface area contributed by atoms with E-state index in [0.29, 0.717) is 6.54 Å². The molecule has 0 aliphatic carbocycles. The number of benzene rings is 1. The van der Waals surface area contributed by atoms with Crippen molar-refractivity contribution >= 4 is 17.5 Å². The second-order valence-corrected chi connectivity index (χ2v) is 3.68. The van der Waals surface area contributed by atoms with Crippen molar-refractivity contribution in [3.05, 3.63) is 29.8 Å². The lowest BCUT2D eigenvalue weighted by molar-refractivity contribution is -0.137. The summed E-state index contributed by atoms with van der Waals surface area (Å²) < 4.78 is 0. The largest absolute Gasteiger partial charge is 0.335 e. The van der Waals surface area contributed by atoms with Crippen LogP contribution in [0.4, 0.5) is 5.69 Å². The zero-order chi connectivity index (χ0) is 12.3. The lowest BCUT2D eigenvalue weighted by Gasteiger charge is -2.15. The summed E-state index contributed by atoms with van der Waals surface area (Å²) in [5.74, 6) is -1.34. The summed E-state index contributed by atoms with van der Waals surface area (Å²) >= 11 is 0. The first-order chi connectivity index (χ1) is 8.24. The molecule has 1 aliphatic rings. The highest BCUT2D eigenvalue weighted by molar-refractivity contribution is 6.40. The van der Waals surface area contributed by atoms with Gasteiger partial charge in [0.05, 0.1) is 6.07 Å². The van der Waals surface area contributed by atoms with Crippen molar-refractivity contribution < 1.29 is 9.59 Å². The van der Waals surface area contributed by atoms with Crippen LogP contribution >= 0.6 is 0 Å². The minimum Gasteiger partial charge on any atom is -0.335 e. The van der Waals surface area contributed by atoms with Gasteiger partial charge in [-0.05, 0) is 18.1 Å². The van der Waals surface area contributed by atoms with Crippen molar-refractivity contribution in [1.29, 1.82) is 5.26 Å². The van der Waals surface area contributed by atoms with E-state index in [-0.39, 0.29) is 6.54 Å². The Morgan fingerprint density at radius 3 is 2.94 bits per heavy atom. The molecule has 0 saturated heterocycles. The number of rotatable bonds is 1. The SMILES string of the molecule is N#CCNC(=O)C(=O)N1CCc2ccccc21. The van der Waals surface area contributed by atoms with Crippen molar-refractivity contribution in [3.63, 3.8) is 0 Å². The first kappa shape index (κ1) is 11.1. The number of anilines is 1. The molecule has 17 heavy (non-hydrogen) atoms. The van der Waals surface area contributed by atoms with Crippen LogP contribution in [0.2, 0.25) is 0 Å². The number of amides is 2. The van der Waals surface area contributed by atoms with Gasteiger partial charge >= 0.3 is 11.8 Å². The predicted molar refractivity (Wildman–Crippen MR) is 61.1 cm³/mol. The average Bonchev–Trinajstić information content (AvgIpc) is 2.78. The maximum atomic E-state index is 11.8. The van der Waals surface area contributed by atoms with Gasteiger partial charge in [0.15, 0.2) is 0 Å². The molecule has 2 rings (SSSR count). The Morgan fingerprint density at radius 1 is 1.41 bits per heavy atom. The molecule has 0 atom stereocenters. The third-order valence-corrected chi connectivity index (χ3v) is 2.65. The van der Waals surface area contributed by atoms with E-state index in [9.17, 15) is 9.59 Å². The van der Waals surface area contributed by atoms with E-state index >= 15 is 0 Å². The fraction of sp³-hybridized carbons (Fsp3) is 0.250. The average molecular weight is 229 g/mol. The maximum absolute atomic E-state index is 11.8. The van der Waals surface area contributed by atoms with E-state index in [2.05, 4.69) is 5.32 Å².